The van der Waals surface area contributed by atoms with Gasteiger partial charge in [-0.05, 0) is 72.7 Å². The third-order valence-electron chi connectivity index (χ3n) is 6.10. The van der Waals surface area contributed by atoms with E-state index >= 15 is 0 Å². The van der Waals surface area contributed by atoms with Crippen LogP contribution < -0.4 is 0 Å². The Morgan fingerprint density at radius 2 is 1.68 bits per heavy atom. The summed E-state index contributed by atoms with van der Waals surface area (Å²) in [6.07, 6.45) is 5.00. The van der Waals surface area contributed by atoms with Gasteiger partial charge in [0.25, 0.3) is 0 Å². The molecule has 5 rings (SSSR count). The number of fused-ring (bicyclic) bond motifs is 4. The normalized spacial score (nSPS) is 14.0. The second-order valence-electron chi connectivity index (χ2n) is 8.37. The number of rotatable bonds is 2. The van der Waals surface area contributed by atoms with Gasteiger partial charge in [-0.25, -0.2) is 9.97 Å². The molecule has 0 aliphatic heterocycles. The van der Waals surface area contributed by atoms with Crippen LogP contribution in [0.5, 0.6) is 0 Å². The predicted molar refractivity (Wildman–Crippen MR) is 118 cm³/mol. The van der Waals surface area contributed by atoms with Crippen molar-refractivity contribution in [2.24, 2.45) is 0 Å². The third kappa shape index (κ3) is 2.79. The first-order valence-corrected chi connectivity index (χ1v) is 10.4. The maximum Gasteiger partial charge on any atom is 0.126 e. The molecule has 4 aromatic rings. The molecule has 0 unspecified atom stereocenters. The van der Waals surface area contributed by atoms with Crippen LogP contribution in [-0.4, -0.2) is 9.97 Å². The fourth-order valence-electron chi connectivity index (χ4n) is 4.69. The van der Waals surface area contributed by atoms with Crippen LogP contribution in [-0.2, 0) is 12.8 Å². The summed E-state index contributed by atoms with van der Waals surface area (Å²) < 4.78 is 0. The number of benzene rings is 3. The molecule has 0 bridgehead atoms. The van der Waals surface area contributed by atoms with E-state index in [0.717, 1.165) is 22.4 Å². The lowest BCUT2D eigenvalue weighted by Crippen LogP contribution is -2.03. The molecule has 2 nitrogen and oxygen atoms in total. The zero-order chi connectivity index (χ0) is 19.3. The van der Waals surface area contributed by atoms with Gasteiger partial charge < -0.3 is 0 Å². The van der Waals surface area contributed by atoms with Gasteiger partial charge in [-0.15, -0.1) is 0 Å². The van der Waals surface area contributed by atoms with Crippen LogP contribution in [0.1, 0.15) is 55.1 Å². The van der Waals surface area contributed by atoms with Crippen LogP contribution in [0.4, 0.5) is 0 Å². The molecule has 3 aromatic carbocycles. The molecule has 0 amide bonds. The third-order valence-corrected chi connectivity index (χ3v) is 6.10. The first kappa shape index (κ1) is 17.4. The lowest BCUT2D eigenvalue weighted by atomic mass is 9.89. The van der Waals surface area contributed by atoms with Crippen LogP contribution in [0.3, 0.4) is 0 Å². The maximum atomic E-state index is 4.91. The zero-order valence-corrected chi connectivity index (χ0v) is 16.9. The lowest BCUT2D eigenvalue weighted by molar-refractivity contribution is 0.686. The number of nitrogens with zero attached hydrogens (tertiary/aromatic N) is 2. The Morgan fingerprint density at radius 3 is 2.50 bits per heavy atom. The monoisotopic (exact) mass is 366 g/mol. The number of hydrogen-bond donors (Lipinski definition) is 0. The molecule has 0 fully saturated rings. The quantitative estimate of drug-likeness (QED) is 0.366. The van der Waals surface area contributed by atoms with Crippen molar-refractivity contribution in [2.75, 3.05) is 0 Å². The standard InChI is InChI=1S/C26H26N2/c1-16(2)22-10-6-9-19-13-14-23-25(27-17(3)28-26(23)24(19)22)21-12-11-18-7-4-5-8-20(18)15-21/h6,9-16H,4-5,7-8H2,1-3H3. The fraction of sp³-hybridized carbons (Fsp3) is 0.308. The van der Waals surface area contributed by atoms with Gasteiger partial charge in [0, 0.05) is 16.3 Å². The van der Waals surface area contributed by atoms with Gasteiger partial charge in [-0.2, -0.15) is 0 Å². The van der Waals surface area contributed by atoms with E-state index in [1.54, 1.807) is 0 Å². The minimum Gasteiger partial charge on any atom is -0.233 e. The number of hydrogen-bond acceptors (Lipinski definition) is 2. The van der Waals surface area contributed by atoms with Crippen LogP contribution in [0.25, 0.3) is 32.9 Å². The second kappa shape index (κ2) is 6.70. The zero-order valence-electron chi connectivity index (χ0n) is 16.9. The summed E-state index contributed by atoms with van der Waals surface area (Å²) in [4.78, 5) is 9.80. The Morgan fingerprint density at radius 1 is 0.857 bits per heavy atom. The smallest absolute Gasteiger partial charge is 0.126 e. The van der Waals surface area contributed by atoms with E-state index in [-0.39, 0.29) is 0 Å². The summed E-state index contributed by atoms with van der Waals surface area (Å²) in [5.74, 6) is 1.29. The van der Waals surface area contributed by atoms with Crippen molar-refractivity contribution in [1.29, 1.82) is 0 Å². The van der Waals surface area contributed by atoms with Crippen molar-refractivity contribution in [2.45, 2.75) is 52.4 Å². The summed E-state index contributed by atoms with van der Waals surface area (Å²) in [7, 11) is 0. The Hall–Kier alpha value is -2.74. The molecule has 0 spiro atoms. The number of aryl methyl sites for hydroxylation is 3. The van der Waals surface area contributed by atoms with Gasteiger partial charge in [0.1, 0.15) is 5.82 Å². The van der Waals surface area contributed by atoms with Crippen LogP contribution in [0.15, 0.2) is 48.5 Å². The molecule has 1 aromatic heterocycles. The predicted octanol–water partition coefficient (Wildman–Crippen LogP) is 6.76. The average Bonchev–Trinajstić information content (AvgIpc) is 2.72. The van der Waals surface area contributed by atoms with E-state index in [2.05, 4.69) is 62.4 Å². The Kier molecular flexibility index (Phi) is 4.16. The first-order chi connectivity index (χ1) is 13.6. The number of aromatic nitrogens is 2. The SMILES string of the molecule is Cc1nc(-c2ccc3c(c2)CCCC3)c2ccc3cccc(C(C)C)c3c2n1. The van der Waals surface area contributed by atoms with Gasteiger partial charge in [-0.3, -0.25) is 0 Å². The van der Waals surface area contributed by atoms with E-state index in [9.17, 15) is 0 Å². The highest BCUT2D eigenvalue weighted by Gasteiger charge is 2.16. The van der Waals surface area contributed by atoms with E-state index < -0.39 is 0 Å². The Balaban J connectivity index is 1.82. The highest BCUT2D eigenvalue weighted by atomic mass is 14.9. The Labute approximate surface area is 166 Å². The van der Waals surface area contributed by atoms with E-state index in [4.69, 9.17) is 9.97 Å². The molecule has 1 aliphatic carbocycles. The minimum absolute atomic E-state index is 0.455. The molecule has 0 atom stereocenters. The highest BCUT2D eigenvalue weighted by molar-refractivity contribution is 6.10. The summed E-state index contributed by atoms with van der Waals surface area (Å²) in [5.41, 5.74) is 7.74. The van der Waals surface area contributed by atoms with Gasteiger partial charge in [-0.1, -0.05) is 50.2 Å². The summed E-state index contributed by atoms with van der Waals surface area (Å²) >= 11 is 0. The molecule has 1 aliphatic rings. The van der Waals surface area contributed by atoms with E-state index in [1.807, 2.05) is 6.92 Å². The van der Waals surface area contributed by atoms with Gasteiger partial charge in [0.05, 0.1) is 11.2 Å². The van der Waals surface area contributed by atoms with Crippen LogP contribution in [0, 0.1) is 6.92 Å². The summed E-state index contributed by atoms with van der Waals surface area (Å²) in [6.45, 7) is 6.52. The maximum absolute atomic E-state index is 4.91. The highest BCUT2D eigenvalue weighted by Crippen LogP contribution is 2.36. The molecule has 2 heteroatoms. The van der Waals surface area contributed by atoms with Gasteiger partial charge >= 0.3 is 0 Å². The average molecular weight is 367 g/mol. The first-order valence-electron chi connectivity index (χ1n) is 10.4. The van der Waals surface area contributed by atoms with Crippen molar-refractivity contribution in [3.63, 3.8) is 0 Å². The lowest BCUT2D eigenvalue weighted by Gasteiger charge is -2.18. The van der Waals surface area contributed by atoms with Crippen LogP contribution >= 0.6 is 0 Å². The summed E-state index contributed by atoms with van der Waals surface area (Å²) in [6, 6.07) is 18.0. The molecule has 0 saturated heterocycles. The van der Waals surface area contributed by atoms with Crippen LogP contribution in [0.2, 0.25) is 0 Å². The Bertz CT molecular complexity index is 1200. The minimum atomic E-state index is 0.455. The molecule has 140 valence electrons. The van der Waals surface area contributed by atoms with Gasteiger partial charge in [0.15, 0.2) is 0 Å². The fourth-order valence-corrected chi connectivity index (χ4v) is 4.69. The van der Waals surface area contributed by atoms with Crippen molar-refractivity contribution in [1.82, 2.24) is 9.97 Å². The van der Waals surface area contributed by atoms with Crippen molar-refractivity contribution in [3.05, 3.63) is 71.0 Å². The van der Waals surface area contributed by atoms with Gasteiger partial charge in [0.2, 0.25) is 0 Å². The molecular weight excluding hydrogens is 340 g/mol. The molecule has 1 heterocycles. The van der Waals surface area contributed by atoms with Crippen molar-refractivity contribution in [3.8, 4) is 11.3 Å². The largest absolute Gasteiger partial charge is 0.233 e. The molecule has 0 radical (unpaired) electrons. The molecule has 0 saturated carbocycles. The summed E-state index contributed by atoms with van der Waals surface area (Å²) in [5, 5.41) is 3.69. The van der Waals surface area contributed by atoms with E-state index in [1.165, 1.54) is 58.7 Å². The van der Waals surface area contributed by atoms with Crippen molar-refractivity contribution < 1.29 is 0 Å². The molecular formula is C26H26N2. The molecule has 28 heavy (non-hydrogen) atoms. The topological polar surface area (TPSA) is 25.8 Å². The second-order valence-corrected chi connectivity index (χ2v) is 8.37. The van der Waals surface area contributed by atoms with Crippen molar-refractivity contribution >= 4 is 21.7 Å². The molecule has 0 N–H and O–H groups in total. The van der Waals surface area contributed by atoms with E-state index in [0.29, 0.717) is 5.92 Å².